The molecular formula is C23H28N4O. The quantitative estimate of drug-likeness (QED) is 0.715. The zero-order valence-electron chi connectivity index (χ0n) is 16.6. The summed E-state index contributed by atoms with van der Waals surface area (Å²) >= 11 is 0. The largest absolute Gasteiger partial charge is 0.497 e. The number of fused-ring (bicyclic) bond motifs is 1. The summed E-state index contributed by atoms with van der Waals surface area (Å²) in [5, 5.41) is 3.64. The highest BCUT2D eigenvalue weighted by molar-refractivity contribution is 5.59. The second kappa shape index (κ2) is 8.48. The molecule has 5 nitrogen and oxygen atoms in total. The van der Waals surface area contributed by atoms with E-state index in [2.05, 4.69) is 63.9 Å². The van der Waals surface area contributed by atoms with Gasteiger partial charge in [-0.2, -0.15) is 0 Å². The van der Waals surface area contributed by atoms with Crippen LogP contribution in [0, 0.1) is 0 Å². The van der Waals surface area contributed by atoms with Gasteiger partial charge in [-0.1, -0.05) is 36.4 Å². The summed E-state index contributed by atoms with van der Waals surface area (Å²) in [6.45, 7) is 2.62. The van der Waals surface area contributed by atoms with E-state index in [-0.39, 0.29) is 0 Å². The van der Waals surface area contributed by atoms with Gasteiger partial charge in [-0.25, -0.2) is 4.98 Å². The number of imidazole rings is 1. The second-order valence-electron chi connectivity index (χ2n) is 7.46. The van der Waals surface area contributed by atoms with Gasteiger partial charge in [0.1, 0.15) is 5.75 Å². The fourth-order valence-electron chi connectivity index (χ4n) is 3.94. The lowest BCUT2D eigenvalue weighted by atomic mass is 10.0. The zero-order chi connectivity index (χ0) is 19.3. The Labute approximate surface area is 167 Å². The van der Waals surface area contributed by atoms with Crippen LogP contribution in [0.4, 0.5) is 5.69 Å². The molecule has 1 unspecified atom stereocenters. The fraction of sp³-hybridized carbons (Fsp3) is 0.348. The number of rotatable bonds is 6. The predicted octanol–water partition coefficient (Wildman–Crippen LogP) is 3.54. The van der Waals surface area contributed by atoms with Crippen molar-refractivity contribution in [3.05, 3.63) is 77.9 Å². The molecule has 1 N–H and O–H groups in total. The Hall–Kier alpha value is -2.79. The van der Waals surface area contributed by atoms with Gasteiger partial charge in [0.2, 0.25) is 0 Å². The van der Waals surface area contributed by atoms with Crippen molar-refractivity contribution in [2.45, 2.75) is 32.0 Å². The first kappa shape index (κ1) is 18.6. The third-order valence-corrected chi connectivity index (χ3v) is 5.44. The minimum Gasteiger partial charge on any atom is -0.497 e. The summed E-state index contributed by atoms with van der Waals surface area (Å²) in [5.74, 6) is 0.897. The van der Waals surface area contributed by atoms with Gasteiger partial charge in [-0.3, -0.25) is 0 Å². The lowest BCUT2D eigenvalue weighted by molar-refractivity contribution is 0.414. The maximum absolute atomic E-state index is 5.52. The fourth-order valence-corrected chi connectivity index (χ4v) is 3.94. The number of nitrogens with one attached hydrogen (secondary N) is 1. The van der Waals surface area contributed by atoms with E-state index in [1.165, 1.54) is 16.8 Å². The highest BCUT2D eigenvalue weighted by Crippen LogP contribution is 2.31. The summed E-state index contributed by atoms with van der Waals surface area (Å²) < 4.78 is 7.53. The SMILES string of the molecule is COc1ccc2c(c1)N(Cc1cn(C)cn1)C(CCc1ccccc1)CNC2. The smallest absolute Gasteiger partial charge is 0.120 e. The Morgan fingerprint density at radius 2 is 2.04 bits per heavy atom. The van der Waals surface area contributed by atoms with Crippen LogP contribution in [0.15, 0.2) is 61.1 Å². The summed E-state index contributed by atoms with van der Waals surface area (Å²) in [7, 11) is 3.75. The molecule has 0 bridgehead atoms. The molecule has 1 aliphatic heterocycles. The van der Waals surface area contributed by atoms with E-state index < -0.39 is 0 Å². The predicted molar refractivity (Wildman–Crippen MR) is 113 cm³/mol. The third-order valence-electron chi connectivity index (χ3n) is 5.44. The lowest BCUT2D eigenvalue weighted by Crippen LogP contribution is -2.40. The van der Waals surface area contributed by atoms with Gasteiger partial charge in [0, 0.05) is 44.1 Å². The Morgan fingerprint density at radius 3 is 2.79 bits per heavy atom. The summed E-state index contributed by atoms with van der Waals surface area (Å²) in [4.78, 5) is 7.08. The molecule has 0 aliphatic carbocycles. The Balaban J connectivity index is 1.64. The normalized spacial score (nSPS) is 16.5. The highest BCUT2D eigenvalue weighted by Gasteiger charge is 2.25. The average Bonchev–Trinajstić information content (AvgIpc) is 3.06. The number of aromatic nitrogens is 2. The minimum atomic E-state index is 0.385. The number of anilines is 1. The van der Waals surface area contributed by atoms with Crippen LogP contribution >= 0.6 is 0 Å². The Kier molecular flexibility index (Phi) is 5.63. The van der Waals surface area contributed by atoms with E-state index in [4.69, 9.17) is 4.74 Å². The molecule has 0 fully saturated rings. The molecule has 0 amide bonds. The van der Waals surface area contributed by atoms with Gasteiger partial charge in [-0.05, 0) is 30.0 Å². The van der Waals surface area contributed by atoms with Gasteiger partial charge in [-0.15, -0.1) is 0 Å². The summed E-state index contributed by atoms with van der Waals surface area (Å²) in [5.41, 5.74) is 5.02. The van der Waals surface area contributed by atoms with Crippen molar-refractivity contribution < 1.29 is 4.74 Å². The molecule has 0 spiro atoms. The summed E-state index contributed by atoms with van der Waals surface area (Å²) in [6.07, 6.45) is 6.12. The van der Waals surface area contributed by atoms with Crippen LogP contribution in [0.2, 0.25) is 0 Å². The van der Waals surface area contributed by atoms with Gasteiger partial charge in [0.25, 0.3) is 0 Å². The first-order valence-corrected chi connectivity index (χ1v) is 9.88. The molecular weight excluding hydrogens is 348 g/mol. The van der Waals surface area contributed by atoms with E-state index in [0.29, 0.717) is 6.04 Å². The van der Waals surface area contributed by atoms with Crippen molar-refractivity contribution in [3.8, 4) is 5.75 Å². The van der Waals surface area contributed by atoms with Crippen molar-refractivity contribution in [1.82, 2.24) is 14.9 Å². The second-order valence-corrected chi connectivity index (χ2v) is 7.46. The molecule has 0 saturated carbocycles. The molecule has 5 heteroatoms. The van der Waals surface area contributed by atoms with Gasteiger partial charge < -0.3 is 19.5 Å². The molecule has 146 valence electrons. The van der Waals surface area contributed by atoms with E-state index in [1.54, 1.807) is 7.11 Å². The zero-order valence-corrected chi connectivity index (χ0v) is 16.6. The maximum atomic E-state index is 5.52. The van der Waals surface area contributed by atoms with Crippen LogP contribution in [0.25, 0.3) is 0 Å². The topological polar surface area (TPSA) is 42.3 Å². The molecule has 0 radical (unpaired) electrons. The minimum absolute atomic E-state index is 0.385. The van der Waals surface area contributed by atoms with Crippen LogP contribution in [-0.2, 0) is 26.6 Å². The average molecular weight is 377 g/mol. The molecule has 28 heavy (non-hydrogen) atoms. The molecule has 2 aromatic carbocycles. The van der Waals surface area contributed by atoms with Gasteiger partial charge >= 0.3 is 0 Å². The van der Waals surface area contributed by atoms with Crippen LogP contribution in [0.1, 0.15) is 23.2 Å². The number of ether oxygens (including phenoxy) is 1. The number of hydrogen-bond donors (Lipinski definition) is 1. The molecule has 0 saturated heterocycles. The standard InChI is InChI=1S/C23H28N4O/c1-26-15-20(25-17-26)16-27-21(10-8-18-6-4-3-5-7-18)14-24-13-19-9-11-22(28-2)12-23(19)27/h3-7,9,11-12,15,17,21,24H,8,10,13-14,16H2,1-2H3. The summed E-state index contributed by atoms with van der Waals surface area (Å²) in [6, 6.07) is 17.5. The monoisotopic (exact) mass is 376 g/mol. The molecule has 1 aromatic heterocycles. The van der Waals surface area contributed by atoms with Crippen molar-refractivity contribution in [3.63, 3.8) is 0 Å². The van der Waals surface area contributed by atoms with Crippen molar-refractivity contribution >= 4 is 5.69 Å². The van der Waals surface area contributed by atoms with Gasteiger partial charge in [0.05, 0.1) is 25.7 Å². The van der Waals surface area contributed by atoms with E-state index >= 15 is 0 Å². The van der Waals surface area contributed by atoms with Gasteiger partial charge in [0.15, 0.2) is 0 Å². The number of hydrogen-bond acceptors (Lipinski definition) is 4. The Morgan fingerprint density at radius 1 is 1.18 bits per heavy atom. The van der Waals surface area contributed by atoms with Crippen molar-refractivity contribution in [1.29, 1.82) is 0 Å². The molecule has 4 rings (SSSR count). The first-order valence-electron chi connectivity index (χ1n) is 9.88. The van der Waals surface area contributed by atoms with Crippen LogP contribution < -0.4 is 15.0 Å². The van der Waals surface area contributed by atoms with E-state index in [9.17, 15) is 0 Å². The van der Waals surface area contributed by atoms with E-state index in [0.717, 1.165) is 43.9 Å². The molecule has 3 aromatic rings. The van der Waals surface area contributed by atoms with Crippen molar-refractivity contribution in [2.75, 3.05) is 18.6 Å². The van der Waals surface area contributed by atoms with Crippen LogP contribution in [0.5, 0.6) is 5.75 Å². The third kappa shape index (κ3) is 4.20. The highest BCUT2D eigenvalue weighted by atomic mass is 16.5. The molecule has 1 aliphatic rings. The first-order chi connectivity index (χ1) is 13.7. The number of nitrogens with zero attached hydrogens (tertiary/aromatic N) is 3. The maximum Gasteiger partial charge on any atom is 0.120 e. The number of aryl methyl sites for hydroxylation is 2. The van der Waals surface area contributed by atoms with E-state index in [1.807, 2.05) is 24.0 Å². The Bertz CT molecular complexity index is 906. The van der Waals surface area contributed by atoms with Crippen LogP contribution in [-0.4, -0.2) is 29.2 Å². The number of benzene rings is 2. The lowest BCUT2D eigenvalue weighted by Gasteiger charge is -2.33. The number of methoxy groups -OCH3 is 1. The van der Waals surface area contributed by atoms with Crippen molar-refractivity contribution in [2.24, 2.45) is 7.05 Å². The van der Waals surface area contributed by atoms with Crippen LogP contribution in [0.3, 0.4) is 0 Å². The molecule has 1 atom stereocenters. The molecule has 2 heterocycles.